The van der Waals surface area contributed by atoms with E-state index in [0.717, 1.165) is 6.07 Å². The lowest BCUT2D eigenvalue weighted by Crippen LogP contribution is -2.58. The number of Topliss-reactive ketones (excluding diaryl/α,β-unsaturated/α-hetero) is 1. The van der Waals surface area contributed by atoms with Crippen LogP contribution in [0.15, 0.2) is 24.3 Å². The number of fused-ring (bicyclic) bond motifs is 3. The number of aliphatic hydroxyl groups is 3. The highest BCUT2D eigenvalue weighted by molar-refractivity contribution is 6.31. The SMILES string of the molecule is COC1C(OC2c3c(cc4c(c3O)C(=O)c3c(O)cccc3C4=O)C(=O)[C@@](C)(O)C2OC)CC(C)C(O)C1O. The average Bonchev–Trinajstić information content (AvgIpc) is 2.88. The standard InChI is InChI=1S/C28H30O11/c1-10-8-15(24(37-3)23(34)19(10)30)39-25-18-13(26(35)28(2,36)27(25)38-4)9-12-17(22(18)33)21(32)16-11(20(12)31)6-5-7-14(16)29/h5-7,9-10,15,19,23-25,27,29-30,33-34,36H,8H2,1-4H3/t10?,15?,19?,23?,24?,25?,27?,28-/m1/s1. The average molecular weight is 543 g/mol. The van der Waals surface area contributed by atoms with Gasteiger partial charge in [-0.25, -0.2) is 0 Å². The topological polar surface area (TPSA) is 180 Å². The number of methoxy groups -OCH3 is 2. The Hall–Kier alpha value is -3.19. The fourth-order valence-corrected chi connectivity index (χ4v) is 6.15. The summed E-state index contributed by atoms with van der Waals surface area (Å²) in [4.78, 5) is 40.4. The zero-order valence-electron chi connectivity index (χ0n) is 21.7. The van der Waals surface area contributed by atoms with Crippen LogP contribution in [0.4, 0.5) is 0 Å². The Morgan fingerprint density at radius 3 is 2.26 bits per heavy atom. The first-order chi connectivity index (χ1) is 18.4. The van der Waals surface area contributed by atoms with E-state index in [0.29, 0.717) is 0 Å². The third kappa shape index (κ3) is 3.84. The molecule has 5 rings (SSSR count). The van der Waals surface area contributed by atoms with Crippen LogP contribution < -0.4 is 0 Å². The van der Waals surface area contributed by atoms with Gasteiger partial charge < -0.3 is 39.7 Å². The minimum atomic E-state index is -2.17. The molecule has 11 nitrogen and oxygen atoms in total. The predicted octanol–water partition coefficient (Wildman–Crippen LogP) is 1.04. The van der Waals surface area contributed by atoms with Gasteiger partial charge >= 0.3 is 0 Å². The van der Waals surface area contributed by atoms with Crippen LogP contribution in [-0.4, -0.2) is 93.2 Å². The zero-order chi connectivity index (χ0) is 28.5. The number of ketones is 3. The van der Waals surface area contributed by atoms with Crippen molar-refractivity contribution in [1.82, 2.24) is 0 Å². The zero-order valence-corrected chi connectivity index (χ0v) is 21.7. The number of hydrogen-bond acceptors (Lipinski definition) is 11. The molecule has 3 aliphatic rings. The van der Waals surface area contributed by atoms with Crippen LogP contribution in [0.5, 0.6) is 11.5 Å². The van der Waals surface area contributed by atoms with E-state index in [2.05, 4.69) is 0 Å². The normalized spacial score (nSPS) is 33.9. The molecule has 208 valence electrons. The molecule has 2 aromatic carbocycles. The number of benzene rings is 2. The first-order valence-corrected chi connectivity index (χ1v) is 12.5. The quantitative estimate of drug-likeness (QED) is 0.318. The number of aliphatic hydroxyl groups excluding tert-OH is 2. The molecule has 1 saturated carbocycles. The Morgan fingerprint density at radius 2 is 1.62 bits per heavy atom. The van der Waals surface area contributed by atoms with Crippen LogP contribution >= 0.6 is 0 Å². The maximum atomic E-state index is 13.5. The lowest BCUT2D eigenvalue weighted by atomic mass is 9.72. The summed E-state index contributed by atoms with van der Waals surface area (Å²) in [6.45, 7) is 2.93. The van der Waals surface area contributed by atoms with Gasteiger partial charge in [-0.15, -0.1) is 0 Å². The molecule has 3 aliphatic carbocycles. The van der Waals surface area contributed by atoms with E-state index in [9.17, 15) is 39.9 Å². The maximum Gasteiger partial charge on any atom is 0.201 e. The molecular formula is C28H30O11. The second-order valence-corrected chi connectivity index (χ2v) is 10.6. The van der Waals surface area contributed by atoms with Crippen molar-refractivity contribution < 1.29 is 54.1 Å². The minimum Gasteiger partial charge on any atom is -0.507 e. The van der Waals surface area contributed by atoms with Gasteiger partial charge in [0.1, 0.15) is 35.9 Å². The van der Waals surface area contributed by atoms with Crippen molar-refractivity contribution in [2.75, 3.05) is 14.2 Å². The van der Waals surface area contributed by atoms with Crippen molar-refractivity contribution in [3.05, 3.63) is 57.6 Å². The summed E-state index contributed by atoms with van der Waals surface area (Å²) in [6, 6.07) is 5.14. The fraction of sp³-hybridized carbons (Fsp3) is 0.464. The fourth-order valence-electron chi connectivity index (χ4n) is 6.15. The van der Waals surface area contributed by atoms with E-state index in [1.165, 1.54) is 39.3 Å². The highest BCUT2D eigenvalue weighted by Crippen LogP contribution is 2.49. The monoisotopic (exact) mass is 542 g/mol. The van der Waals surface area contributed by atoms with Crippen LogP contribution in [0.1, 0.15) is 74.1 Å². The van der Waals surface area contributed by atoms with E-state index < -0.39 is 82.6 Å². The number of phenolic OH excluding ortho intramolecular Hbond substituents is 2. The smallest absolute Gasteiger partial charge is 0.201 e. The van der Waals surface area contributed by atoms with E-state index in [-0.39, 0.29) is 34.2 Å². The van der Waals surface area contributed by atoms with E-state index in [1.54, 1.807) is 6.92 Å². The van der Waals surface area contributed by atoms with Gasteiger partial charge in [0.2, 0.25) is 5.78 Å². The van der Waals surface area contributed by atoms with Crippen LogP contribution in [0.2, 0.25) is 0 Å². The number of carbonyl (C=O) groups excluding carboxylic acids is 3. The number of phenols is 2. The first kappa shape index (κ1) is 27.4. The van der Waals surface area contributed by atoms with Crippen molar-refractivity contribution in [2.24, 2.45) is 5.92 Å². The summed E-state index contributed by atoms with van der Waals surface area (Å²) >= 11 is 0. The second kappa shape index (κ2) is 9.47. The van der Waals surface area contributed by atoms with Gasteiger partial charge in [0.05, 0.1) is 23.3 Å². The van der Waals surface area contributed by atoms with Gasteiger partial charge in [-0.05, 0) is 31.4 Å². The molecule has 0 heterocycles. The van der Waals surface area contributed by atoms with Gasteiger partial charge in [-0.3, -0.25) is 14.4 Å². The molecular weight excluding hydrogens is 512 g/mol. The molecule has 11 heteroatoms. The third-order valence-electron chi connectivity index (χ3n) is 8.23. The van der Waals surface area contributed by atoms with Crippen molar-refractivity contribution in [2.45, 2.75) is 62.5 Å². The number of aromatic hydroxyl groups is 2. The molecule has 8 atom stereocenters. The molecule has 1 fully saturated rings. The Kier molecular flexibility index (Phi) is 6.65. The molecule has 2 aromatic rings. The van der Waals surface area contributed by atoms with E-state index in [1.807, 2.05) is 0 Å². The molecule has 0 saturated heterocycles. The van der Waals surface area contributed by atoms with Crippen LogP contribution in [0, 0.1) is 5.92 Å². The number of rotatable bonds is 4. The van der Waals surface area contributed by atoms with Gasteiger partial charge in [-0.1, -0.05) is 19.1 Å². The number of hydrogen-bond donors (Lipinski definition) is 5. The Balaban J connectivity index is 1.71. The highest BCUT2D eigenvalue weighted by Gasteiger charge is 2.55. The molecule has 39 heavy (non-hydrogen) atoms. The maximum absolute atomic E-state index is 13.5. The largest absolute Gasteiger partial charge is 0.507 e. The molecule has 7 unspecified atom stereocenters. The third-order valence-corrected chi connectivity index (χ3v) is 8.23. The molecule has 0 aromatic heterocycles. The number of ether oxygens (including phenoxy) is 3. The van der Waals surface area contributed by atoms with Gasteiger partial charge in [0, 0.05) is 36.5 Å². The van der Waals surface area contributed by atoms with Crippen LogP contribution in [0.3, 0.4) is 0 Å². The Labute approximate surface area is 223 Å². The summed E-state index contributed by atoms with van der Waals surface area (Å²) < 4.78 is 17.2. The molecule has 5 N–H and O–H groups in total. The summed E-state index contributed by atoms with van der Waals surface area (Å²) in [5.41, 5.74) is -3.63. The van der Waals surface area contributed by atoms with E-state index in [4.69, 9.17) is 14.2 Å². The number of carbonyl (C=O) groups is 3. The Bertz CT molecular complexity index is 1380. The van der Waals surface area contributed by atoms with Crippen LogP contribution in [-0.2, 0) is 14.2 Å². The summed E-state index contributed by atoms with van der Waals surface area (Å²) in [6.07, 6.45) is -6.84. The lowest BCUT2D eigenvalue weighted by Gasteiger charge is -2.46. The first-order valence-electron chi connectivity index (χ1n) is 12.5. The summed E-state index contributed by atoms with van der Waals surface area (Å²) in [5.74, 6) is -3.95. The Morgan fingerprint density at radius 1 is 0.923 bits per heavy atom. The van der Waals surface area contributed by atoms with Gasteiger partial charge in [-0.2, -0.15) is 0 Å². The van der Waals surface area contributed by atoms with Crippen molar-refractivity contribution >= 4 is 17.3 Å². The predicted molar refractivity (Wildman–Crippen MR) is 133 cm³/mol. The van der Waals surface area contributed by atoms with Gasteiger partial charge in [0.25, 0.3) is 0 Å². The van der Waals surface area contributed by atoms with Crippen molar-refractivity contribution in [3.8, 4) is 11.5 Å². The lowest BCUT2D eigenvalue weighted by molar-refractivity contribution is -0.220. The molecule has 0 bridgehead atoms. The molecule has 0 spiro atoms. The van der Waals surface area contributed by atoms with Crippen molar-refractivity contribution in [1.29, 1.82) is 0 Å². The van der Waals surface area contributed by atoms with E-state index >= 15 is 0 Å². The minimum absolute atomic E-state index is 0.0869. The highest BCUT2D eigenvalue weighted by atomic mass is 16.6. The second-order valence-electron chi connectivity index (χ2n) is 10.6. The summed E-state index contributed by atoms with van der Waals surface area (Å²) in [7, 11) is 2.57. The van der Waals surface area contributed by atoms with Crippen LogP contribution in [0.25, 0.3) is 0 Å². The molecule has 0 radical (unpaired) electrons. The van der Waals surface area contributed by atoms with Crippen molar-refractivity contribution in [3.63, 3.8) is 0 Å². The summed E-state index contributed by atoms with van der Waals surface area (Å²) in [5, 5.41) is 54.1. The molecule has 0 amide bonds. The van der Waals surface area contributed by atoms with Gasteiger partial charge in [0.15, 0.2) is 17.2 Å². The molecule has 0 aliphatic heterocycles.